The second-order valence-electron chi connectivity index (χ2n) is 3.52. The van der Waals surface area contributed by atoms with Crippen LogP contribution < -0.4 is 5.32 Å². The monoisotopic (exact) mass is 217 g/mol. The molecule has 0 aromatic heterocycles. The molecule has 0 radical (unpaired) electrons. The van der Waals surface area contributed by atoms with E-state index in [0.717, 1.165) is 25.9 Å². The summed E-state index contributed by atoms with van der Waals surface area (Å²) in [6.45, 7) is 7.77. The highest BCUT2D eigenvalue weighted by molar-refractivity contribution is 5.67. The van der Waals surface area contributed by atoms with E-state index >= 15 is 0 Å². The summed E-state index contributed by atoms with van der Waals surface area (Å²) < 4.78 is 10.2. The highest BCUT2D eigenvalue weighted by Crippen LogP contribution is 1.94. The van der Waals surface area contributed by atoms with Gasteiger partial charge in [-0.1, -0.05) is 13.3 Å². The molecule has 0 heterocycles. The second-order valence-corrected chi connectivity index (χ2v) is 3.52. The van der Waals surface area contributed by atoms with Gasteiger partial charge >= 0.3 is 6.09 Å². The molecule has 0 saturated carbocycles. The van der Waals surface area contributed by atoms with Gasteiger partial charge in [-0.2, -0.15) is 0 Å². The maximum Gasteiger partial charge on any atom is 0.407 e. The molecule has 1 amide bonds. The Morgan fingerprint density at radius 1 is 1.33 bits per heavy atom. The van der Waals surface area contributed by atoms with Crippen molar-refractivity contribution in [2.24, 2.45) is 0 Å². The Labute approximate surface area is 92.3 Å². The quantitative estimate of drug-likeness (QED) is 0.635. The Hall–Kier alpha value is -0.770. The lowest BCUT2D eigenvalue weighted by atomic mass is 10.2. The van der Waals surface area contributed by atoms with Crippen LogP contribution in [-0.4, -0.2) is 32.0 Å². The summed E-state index contributed by atoms with van der Waals surface area (Å²) in [4.78, 5) is 11.0. The maximum absolute atomic E-state index is 11.0. The van der Waals surface area contributed by atoms with Gasteiger partial charge in [0.05, 0.1) is 6.61 Å². The summed E-state index contributed by atoms with van der Waals surface area (Å²) >= 11 is 0. The molecule has 0 bridgehead atoms. The Morgan fingerprint density at radius 2 is 2.07 bits per heavy atom. The number of hydrogen-bond donors (Lipinski definition) is 1. The number of hydrogen-bond acceptors (Lipinski definition) is 3. The first-order chi connectivity index (χ1) is 7.20. The van der Waals surface area contributed by atoms with E-state index in [9.17, 15) is 4.79 Å². The lowest BCUT2D eigenvalue weighted by Crippen LogP contribution is -2.33. The zero-order chi connectivity index (χ0) is 11.5. The van der Waals surface area contributed by atoms with Gasteiger partial charge in [0.15, 0.2) is 0 Å². The summed E-state index contributed by atoms with van der Waals surface area (Å²) in [5, 5.41) is 2.73. The molecule has 0 fully saturated rings. The Kier molecular flexibility index (Phi) is 9.27. The molecule has 0 aliphatic heterocycles. The van der Waals surface area contributed by atoms with Gasteiger partial charge in [-0.15, -0.1) is 0 Å². The van der Waals surface area contributed by atoms with Gasteiger partial charge in [-0.25, -0.2) is 4.79 Å². The van der Waals surface area contributed by atoms with Crippen molar-refractivity contribution < 1.29 is 14.3 Å². The molecule has 4 heteroatoms. The molecule has 0 spiro atoms. The van der Waals surface area contributed by atoms with Crippen molar-refractivity contribution in [2.75, 3.05) is 19.8 Å². The number of unbranched alkanes of at least 4 members (excludes halogenated alkanes) is 1. The summed E-state index contributed by atoms with van der Waals surface area (Å²) in [7, 11) is 0. The van der Waals surface area contributed by atoms with Crippen LogP contribution in [0.15, 0.2) is 0 Å². The van der Waals surface area contributed by atoms with Gasteiger partial charge in [-0.3, -0.25) is 0 Å². The van der Waals surface area contributed by atoms with Crippen molar-refractivity contribution in [1.29, 1.82) is 0 Å². The zero-order valence-corrected chi connectivity index (χ0v) is 10.0. The van der Waals surface area contributed by atoms with Gasteiger partial charge < -0.3 is 14.8 Å². The normalized spacial score (nSPS) is 12.2. The molecule has 15 heavy (non-hydrogen) atoms. The topological polar surface area (TPSA) is 47.6 Å². The van der Waals surface area contributed by atoms with E-state index in [2.05, 4.69) is 12.2 Å². The predicted octanol–water partition coefficient (Wildman–Crippen LogP) is 2.33. The van der Waals surface area contributed by atoms with E-state index in [1.807, 2.05) is 6.92 Å². The van der Waals surface area contributed by atoms with Gasteiger partial charge in [0.1, 0.15) is 0 Å². The first kappa shape index (κ1) is 14.2. The number of alkyl carbamates (subject to hydrolysis) is 1. The van der Waals surface area contributed by atoms with Crippen LogP contribution in [0.5, 0.6) is 0 Å². The van der Waals surface area contributed by atoms with Crippen molar-refractivity contribution in [3.8, 4) is 0 Å². The second kappa shape index (κ2) is 9.77. The molecule has 90 valence electrons. The van der Waals surface area contributed by atoms with Crippen molar-refractivity contribution in [3.63, 3.8) is 0 Å². The predicted molar refractivity (Wildman–Crippen MR) is 60.0 cm³/mol. The van der Waals surface area contributed by atoms with Crippen molar-refractivity contribution in [1.82, 2.24) is 5.32 Å². The van der Waals surface area contributed by atoms with Crippen LogP contribution in [0.4, 0.5) is 4.79 Å². The Balaban J connectivity index is 3.32. The number of carbonyl (C=O) groups excluding carboxylic acids is 1. The molecule has 1 atom stereocenters. The molecule has 0 aromatic rings. The fourth-order valence-electron chi connectivity index (χ4n) is 1.05. The van der Waals surface area contributed by atoms with Gasteiger partial charge in [-0.05, 0) is 26.7 Å². The minimum atomic E-state index is -0.349. The van der Waals surface area contributed by atoms with Crippen LogP contribution in [0.3, 0.4) is 0 Å². The third-order valence-electron chi connectivity index (χ3n) is 1.98. The molecule has 1 N–H and O–H groups in total. The first-order valence-corrected chi connectivity index (χ1v) is 5.71. The van der Waals surface area contributed by atoms with Crippen LogP contribution in [0, 0.1) is 0 Å². The summed E-state index contributed by atoms with van der Waals surface area (Å²) in [5.41, 5.74) is 0. The minimum absolute atomic E-state index is 0.102. The molecule has 0 rings (SSSR count). The summed E-state index contributed by atoms with van der Waals surface area (Å²) in [5.74, 6) is 0. The summed E-state index contributed by atoms with van der Waals surface area (Å²) in [6, 6.07) is 0.102. The van der Waals surface area contributed by atoms with Crippen molar-refractivity contribution in [2.45, 2.75) is 46.1 Å². The standard InChI is InChI=1S/C11H23NO3/c1-4-6-8-14-9-7-10(3)12-11(13)15-5-2/h10H,4-9H2,1-3H3,(H,12,13). The Morgan fingerprint density at radius 3 is 2.67 bits per heavy atom. The Bertz CT molecular complexity index is 162. The molecular weight excluding hydrogens is 194 g/mol. The van der Waals surface area contributed by atoms with E-state index < -0.39 is 0 Å². The lowest BCUT2D eigenvalue weighted by molar-refractivity contribution is 0.117. The highest BCUT2D eigenvalue weighted by Gasteiger charge is 2.06. The van der Waals surface area contributed by atoms with Crippen LogP contribution in [0.25, 0.3) is 0 Å². The molecule has 0 aliphatic carbocycles. The molecule has 0 aliphatic rings. The number of rotatable bonds is 8. The lowest BCUT2D eigenvalue weighted by Gasteiger charge is -2.13. The SMILES string of the molecule is CCCCOCCC(C)NC(=O)OCC. The van der Waals surface area contributed by atoms with E-state index in [1.54, 1.807) is 6.92 Å². The fraction of sp³-hybridized carbons (Fsp3) is 0.909. The van der Waals surface area contributed by atoms with Crippen LogP contribution in [0.2, 0.25) is 0 Å². The smallest absolute Gasteiger partial charge is 0.407 e. The average molecular weight is 217 g/mol. The zero-order valence-electron chi connectivity index (χ0n) is 10.0. The van der Waals surface area contributed by atoms with Crippen molar-refractivity contribution in [3.05, 3.63) is 0 Å². The average Bonchev–Trinajstić information content (AvgIpc) is 2.17. The molecule has 4 nitrogen and oxygen atoms in total. The van der Waals surface area contributed by atoms with Crippen LogP contribution in [0.1, 0.15) is 40.0 Å². The van der Waals surface area contributed by atoms with Crippen molar-refractivity contribution >= 4 is 6.09 Å². The molecule has 0 saturated heterocycles. The molecule has 0 aromatic carbocycles. The third kappa shape index (κ3) is 9.53. The third-order valence-corrected chi connectivity index (χ3v) is 1.98. The van der Waals surface area contributed by atoms with E-state index in [0.29, 0.717) is 13.2 Å². The molecular formula is C11H23NO3. The number of nitrogens with one attached hydrogen (secondary N) is 1. The van der Waals surface area contributed by atoms with Gasteiger partial charge in [0.2, 0.25) is 0 Å². The highest BCUT2D eigenvalue weighted by atomic mass is 16.5. The van der Waals surface area contributed by atoms with E-state index in [1.165, 1.54) is 0 Å². The molecule has 1 unspecified atom stereocenters. The van der Waals surface area contributed by atoms with E-state index in [4.69, 9.17) is 9.47 Å². The van der Waals surface area contributed by atoms with Gasteiger partial charge in [0.25, 0.3) is 0 Å². The maximum atomic E-state index is 11.0. The number of ether oxygens (including phenoxy) is 2. The van der Waals surface area contributed by atoms with Crippen LogP contribution in [-0.2, 0) is 9.47 Å². The number of amides is 1. The minimum Gasteiger partial charge on any atom is -0.450 e. The first-order valence-electron chi connectivity index (χ1n) is 5.71. The summed E-state index contributed by atoms with van der Waals surface area (Å²) in [6.07, 6.45) is 2.72. The van der Waals surface area contributed by atoms with E-state index in [-0.39, 0.29) is 12.1 Å². The van der Waals surface area contributed by atoms with Gasteiger partial charge in [0, 0.05) is 19.3 Å². The largest absolute Gasteiger partial charge is 0.450 e. The van der Waals surface area contributed by atoms with Crippen LogP contribution >= 0.6 is 0 Å². The number of carbonyl (C=O) groups is 1. The fourth-order valence-corrected chi connectivity index (χ4v) is 1.05.